The molecule has 2 aromatic rings. The predicted molar refractivity (Wildman–Crippen MR) is 82.2 cm³/mol. The van der Waals surface area contributed by atoms with Gasteiger partial charge in [-0.05, 0) is 30.4 Å². The molecule has 106 valence electrons. The van der Waals surface area contributed by atoms with Crippen molar-refractivity contribution in [3.8, 4) is 5.82 Å². The number of anilines is 1. The third-order valence-corrected chi connectivity index (χ3v) is 3.69. The lowest BCUT2D eigenvalue weighted by Crippen LogP contribution is -2.14. The Hall–Kier alpha value is -1.82. The summed E-state index contributed by atoms with van der Waals surface area (Å²) in [7, 11) is 0. The van der Waals surface area contributed by atoms with Crippen molar-refractivity contribution < 1.29 is 4.79 Å². The van der Waals surface area contributed by atoms with Crippen LogP contribution in [-0.2, 0) is 4.79 Å². The molecule has 0 aliphatic carbocycles. The first kappa shape index (κ1) is 14.6. The molecule has 0 saturated carbocycles. The van der Waals surface area contributed by atoms with Crippen LogP contribution in [-0.4, -0.2) is 32.2 Å². The van der Waals surface area contributed by atoms with E-state index in [1.165, 1.54) is 0 Å². The number of rotatable bonds is 7. The minimum Gasteiger partial charge on any atom is -0.324 e. The van der Waals surface area contributed by atoms with Crippen molar-refractivity contribution in [1.29, 1.82) is 0 Å². The van der Waals surface area contributed by atoms with Gasteiger partial charge < -0.3 is 5.32 Å². The number of thioether (sulfide) groups is 1. The van der Waals surface area contributed by atoms with Crippen molar-refractivity contribution in [3.63, 3.8) is 0 Å². The molecular formula is C14H18N4OS. The van der Waals surface area contributed by atoms with Gasteiger partial charge in [0.05, 0.1) is 17.6 Å². The van der Waals surface area contributed by atoms with Crippen molar-refractivity contribution in [2.45, 2.75) is 19.8 Å². The van der Waals surface area contributed by atoms with Crippen LogP contribution in [0.15, 0.2) is 36.8 Å². The molecule has 0 saturated heterocycles. The lowest BCUT2D eigenvalue weighted by atomic mass is 10.4. The van der Waals surface area contributed by atoms with Crippen molar-refractivity contribution in [1.82, 2.24) is 14.8 Å². The smallest absolute Gasteiger partial charge is 0.234 e. The summed E-state index contributed by atoms with van der Waals surface area (Å²) in [4.78, 5) is 16.0. The highest BCUT2D eigenvalue weighted by Crippen LogP contribution is 2.10. The topological polar surface area (TPSA) is 59.8 Å². The Kier molecular flexibility index (Phi) is 5.61. The zero-order valence-corrected chi connectivity index (χ0v) is 12.3. The average Bonchev–Trinajstić information content (AvgIpc) is 2.99. The van der Waals surface area contributed by atoms with Crippen LogP contribution in [0.1, 0.15) is 19.8 Å². The first-order chi connectivity index (χ1) is 9.79. The van der Waals surface area contributed by atoms with Crippen LogP contribution >= 0.6 is 11.8 Å². The number of amides is 1. The van der Waals surface area contributed by atoms with Gasteiger partial charge in [-0.3, -0.25) is 4.79 Å². The van der Waals surface area contributed by atoms with Crippen LogP contribution in [0, 0.1) is 0 Å². The van der Waals surface area contributed by atoms with E-state index in [2.05, 4.69) is 22.3 Å². The SMILES string of the molecule is CCCCSCC(=O)Nc1ccc(-n2cccn2)nc1. The van der Waals surface area contributed by atoms with Crippen molar-refractivity contribution in [2.75, 3.05) is 16.8 Å². The van der Waals surface area contributed by atoms with Crippen LogP contribution in [0.5, 0.6) is 0 Å². The van der Waals surface area contributed by atoms with Gasteiger partial charge in [-0.1, -0.05) is 13.3 Å². The minimum atomic E-state index is 0.0137. The third kappa shape index (κ3) is 4.38. The van der Waals surface area contributed by atoms with E-state index in [0.717, 1.165) is 24.4 Å². The molecule has 0 fully saturated rings. The number of hydrogen-bond acceptors (Lipinski definition) is 4. The van der Waals surface area contributed by atoms with Gasteiger partial charge in [0.15, 0.2) is 5.82 Å². The lowest BCUT2D eigenvalue weighted by Gasteiger charge is -2.06. The Morgan fingerprint density at radius 1 is 1.45 bits per heavy atom. The van der Waals surface area contributed by atoms with Crippen LogP contribution in [0.2, 0.25) is 0 Å². The Balaban J connectivity index is 1.83. The molecule has 1 amide bonds. The van der Waals surface area contributed by atoms with Gasteiger partial charge in [0.2, 0.25) is 5.91 Å². The van der Waals surface area contributed by atoms with Crippen LogP contribution in [0.25, 0.3) is 5.82 Å². The standard InChI is InChI=1S/C14H18N4OS/c1-2-3-9-20-11-14(19)17-12-5-6-13(15-10-12)18-8-4-7-16-18/h4-8,10H,2-3,9,11H2,1H3,(H,17,19). The van der Waals surface area contributed by atoms with Crippen LogP contribution in [0.4, 0.5) is 5.69 Å². The summed E-state index contributed by atoms with van der Waals surface area (Å²) in [5.74, 6) is 2.26. The largest absolute Gasteiger partial charge is 0.324 e. The molecule has 2 heterocycles. The van der Waals surface area contributed by atoms with Crippen LogP contribution in [0.3, 0.4) is 0 Å². The molecule has 5 nitrogen and oxygen atoms in total. The lowest BCUT2D eigenvalue weighted by molar-refractivity contribution is -0.113. The summed E-state index contributed by atoms with van der Waals surface area (Å²) in [6, 6.07) is 5.50. The monoisotopic (exact) mass is 290 g/mol. The number of nitrogens with zero attached hydrogens (tertiary/aromatic N) is 3. The van der Waals surface area contributed by atoms with Crippen molar-refractivity contribution in [3.05, 3.63) is 36.8 Å². The molecular weight excluding hydrogens is 272 g/mol. The summed E-state index contributed by atoms with van der Waals surface area (Å²) in [6.07, 6.45) is 7.48. The minimum absolute atomic E-state index is 0.0137. The molecule has 0 spiro atoms. The number of hydrogen-bond donors (Lipinski definition) is 1. The number of nitrogens with one attached hydrogen (secondary N) is 1. The number of carbonyl (C=O) groups is 1. The van der Waals surface area contributed by atoms with Crippen LogP contribution < -0.4 is 5.32 Å². The highest BCUT2D eigenvalue weighted by atomic mass is 32.2. The fourth-order valence-electron chi connectivity index (χ4n) is 1.61. The van der Waals surface area contributed by atoms with E-state index >= 15 is 0 Å². The van der Waals surface area contributed by atoms with E-state index in [1.807, 2.05) is 24.4 Å². The Morgan fingerprint density at radius 3 is 3.00 bits per heavy atom. The number of carbonyl (C=O) groups excluding carboxylic acids is 1. The van der Waals surface area contributed by atoms with Gasteiger partial charge in [-0.2, -0.15) is 16.9 Å². The second-order valence-corrected chi connectivity index (χ2v) is 5.42. The number of unbranched alkanes of at least 4 members (excludes halogenated alkanes) is 1. The zero-order chi connectivity index (χ0) is 14.2. The van der Waals surface area contributed by atoms with Gasteiger partial charge in [0.25, 0.3) is 0 Å². The number of aromatic nitrogens is 3. The summed E-state index contributed by atoms with van der Waals surface area (Å²) < 4.78 is 1.67. The first-order valence-corrected chi connectivity index (χ1v) is 7.78. The Labute approximate surface area is 122 Å². The summed E-state index contributed by atoms with van der Waals surface area (Å²) in [5.41, 5.74) is 0.710. The predicted octanol–water partition coefficient (Wildman–Crippen LogP) is 2.74. The van der Waals surface area contributed by atoms with Gasteiger partial charge in [0.1, 0.15) is 0 Å². The van der Waals surface area contributed by atoms with Gasteiger partial charge in [-0.15, -0.1) is 0 Å². The normalized spacial score (nSPS) is 10.4. The molecule has 0 aliphatic rings. The molecule has 0 aliphatic heterocycles. The maximum absolute atomic E-state index is 11.7. The van der Waals surface area contributed by atoms with E-state index in [-0.39, 0.29) is 5.91 Å². The molecule has 0 atom stereocenters. The van der Waals surface area contributed by atoms with E-state index in [9.17, 15) is 4.79 Å². The molecule has 20 heavy (non-hydrogen) atoms. The summed E-state index contributed by atoms with van der Waals surface area (Å²) in [5, 5.41) is 6.94. The highest BCUT2D eigenvalue weighted by molar-refractivity contribution is 7.99. The average molecular weight is 290 g/mol. The highest BCUT2D eigenvalue weighted by Gasteiger charge is 2.03. The molecule has 0 bridgehead atoms. The van der Waals surface area contributed by atoms with Crippen molar-refractivity contribution >= 4 is 23.4 Å². The molecule has 2 rings (SSSR count). The summed E-state index contributed by atoms with van der Waals surface area (Å²) >= 11 is 1.66. The number of pyridine rings is 1. The molecule has 0 aromatic carbocycles. The quantitative estimate of drug-likeness (QED) is 0.797. The molecule has 1 N–H and O–H groups in total. The fourth-order valence-corrected chi connectivity index (χ4v) is 2.50. The molecule has 6 heteroatoms. The first-order valence-electron chi connectivity index (χ1n) is 6.63. The van der Waals surface area contributed by atoms with Crippen molar-refractivity contribution in [2.24, 2.45) is 0 Å². The van der Waals surface area contributed by atoms with E-state index in [0.29, 0.717) is 11.4 Å². The van der Waals surface area contributed by atoms with E-state index in [1.54, 1.807) is 28.8 Å². The Bertz CT molecular complexity index is 525. The maximum Gasteiger partial charge on any atom is 0.234 e. The van der Waals surface area contributed by atoms with E-state index < -0.39 is 0 Å². The van der Waals surface area contributed by atoms with E-state index in [4.69, 9.17) is 0 Å². The summed E-state index contributed by atoms with van der Waals surface area (Å²) in [6.45, 7) is 2.15. The molecule has 0 radical (unpaired) electrons. The third-order valence-electron chi connectivity index (χ3n) is 2.65. The van der Waals surface area contributed by atoms with Gasteiger partial charge in [-0.25, -0.2) is 9.67 Å². The second kappa shape index (κ2) is 7.69. The van der Waals surface area contributed by atoms with Gasteiger partial charge >= 0.3 is 0 Å². The molecule has 2 aromatic heterocycles. The Morgan fingerprint density at radius 2 is 2.35 bits per heavy atom. The van der Waals surface area contributed by atoms with Gasteiger partial charge in [0, 0.05) is 12.4 Å². The molecule has 0 unspecified atom stereocenters. The maximum atomic E-state index is 11.7. The fraction of sp³-hybridized carbons (Fsp3) is 0.357. The second-order valence-electron chi connectivity index (χ2n) is 4.31. The zero-order valence-electron chi connectivity index (χ0n) is 11.5.